The lowest BCUT2D eigenvalue weighted by atomic mass is 10.1. The Labute approximate surface area is 107 Å². The first-order chi connectivity index (χ1) is 8.22. The molecule has 0 aromatic heterocycles. The number of halogens is 1. The third kappa shape index (κ3) is 6.29. The zero-order valence-corrected chi connectivity index (χ0v) is 10.5. The highest BCUT2D eigenvalue weighted by Crippen LogP contribution is 2.10. The summed E-state index contributed by atoms with van der Waals surface area (Å²) in [6.07, 6.45) is 3.00. The molecule has 0 aliphatic carbocycles. The molecule has 0 heterocycles. The molecular weight excluding hydrogens is 238 g/mol. The Hall–Kier alpha value is -1.06. The largest absolute Gasteiger partial charge is 0.396 e. The fourth-order valence-electron chi connectivity index (χ4n) is 1.54. The van der Waals surface area contributed by atoms with Crippen LogP contribution in [0.25, 0.3) is 0 Å². The molecule has 0 spiro atoms. The van der Waals surface area contributed by atoms with Gasteiger partial charge in [0.05, 0.1) is 6.42 Å². The van der Waals surface area contributed by atoms with Crippen molar-refractivity contribution in [2.24, 2.45) is 0 Å². The third-order valence-electron chi connectivity index (χ3n) is 2.41. The van der Waals surface area contributed by atoms with E-state index in [0.29, 0.717) is 18.0 Å². The molecule has 0 aliphatic heterocycles. The number of carbonyl (C=O) groups excluding carboxylic acids is 1. The minimum absolute atomic E-state index is 0.0104. The molecule has 94 valence electrons. The zero-order valence-electron chi connectivity index (χ0n) is 9.79. The number of unbranched alkanes of at least 4 members (excludes halogenated alkanes) is 2. The quantitative estimate of drug-likeness (QED) is 0.734. The second-order valence-electron chi connectivity index (χ2n) is 3.94. The maximum Gasteiger partial charge on any atom is 0.224 e. The molecule has 17 heavy (non-hydrogen) atoms. The van der Waals surface area contributed by atoms with E-state index in [2.05, 4.69) is 5.32 Å². The van der Waals surface area contributed by atoms with Crippen LogP contribution in [-0.2, 0) is 11.2 Å². The number of nitrogens with one attached hydrogen (secondary N) is 1. The van der Waals surface area contributed by atoms with Crippen molar-refractivity contribution < 1.29 is 9.90 Å². The molecule has 1 rings (SSSR count). The molecule has 3 nitrogen and oxygen atoms in total. The Morgan fingerprint density at radius 3 is 2.82 bits per heavy atom. The number of hydrogen-bond donors (Lipinski definition) is 2. The minimum atomic E-state index is 0.0104. The number of aliphatic hydroxyl groups is 1. The van der Waals surface area contributed by atoms with E-state index in [1.54, 1.807) is 12.1 Å². The average Bonchev–Trinajstić information content (AvgIpc) is 2.29. The van der Waals surface area contributed by atoms with Crippen LogP contribution in [0.2, 0.25) is 5.02 Å². The second-order valence-corrected chi connectivity index (χ2v) is 4.38. The third-order valence-corrected chi connectivity index (χ3v) is 2.65. The molecule has 0 radical (unpaired) electrons. The maximum atomic E-state index is 11.6. The van der Waals surface area contributed by atoms with Crippen molar-refractivity contribution >= 4 is 17.5 Å². The first-order valence-corrected chi connectivity index (χ1v) is 6.22. The van der Waals surface area contributed by atoms with Gasteiger partial charge in [0.1, 0.15) is 0 Å². The summed E-state index contributed by atoms with van der Waals surface area (Å²) in [5.41, 5.74) is 0.922. The molecular formula is C13H18ClNO2. The van der Waals surface area contributed by atoms with Crippen molar-refractivity contribution in [2.75, 3.05) is 13.2 Å². The number of hydrogen-bond acceptors (Lipinski definition) is 2. The lowest BCUT2D eigenvalue weighted by Gasteiger charge is -2.05. The summed E-state index contributed by atoms with van der Waals surface area (Å²) < 4.78 is 0. The minimum Gasteiger partial charge on any atom is -0.396 e. The van der Waals surface area contributed by atoms with Crippen LogP contribution >= 0.6 is 11.6 Å². The second kappa shape index (κ2) is 8.09. The molecule has 0 saturated carbocycles. The first-order valence-electron chi connectivity index (χ1n) is 5.84. The summed E-state index contributed by atoms with van der Waals surface area (Å²) in [5, 5.41) is 12.1. The lowest BCUT2D eigenvalue weighted by Crippen LogP contribution is -2.26. The molecule has 1 aromatic rings. The van der Waals surface area contributed by atoms with Gasteiger partial charge < -0.3 is 10.4 Å². The molecule has 0 atom stereocenters. The van der Waals surface area contributed by atoms with Gasteiger partial charge >= 0.3 is 0 Å². The number of benzene rings is 1. The Morgan fingerprint density at radius 2 is 2.12 bits per heavy atom. The highest BCUT2D eigenvalue weighted by Gasteiger charge is 2.02. The monoisotopic (exact) mass is 255 g/mol. The number of carbonyl (C=O) groups is 1. The number of aliphatic hydroxyl groups excluding tert-OH is 1. The molecule has 1 aromatic carbocycles. The van der Waals surface area contributed by atoms with Gasteiger partial charge in [-0.25, -0.2) is 0 Å². The van der Waals surface area contributed by atoms with Gasteiger partial charge in [-0.3, -0.25) is 4.79 Å². The summed E-state index contributed by atoms with van der Waals surface area (Å²) in [6.45, 7) is 0.885. The lowest BCUT2D eigenvalue weighted by molar-refractivity contribution is -0.120. The van der Waals surface area contributed by atoms with Crippen LogP contribution in [0.4, 0.5) is 0 Å². The molecule has 0 unspecified atom stereocenters. The van der Waals surface area contributed by atoms with Gasteiger partial charge in [-0.1, -0.05) is 23.7 Å². The van der Waals surface area contributed by atoms with Crippen molar-refractivity contribution in [1.29, 1.82) is 0 Å². The molecule has 4 heteroatoms. The van der Waals surface area contributed by atoms with Gasteiger partial charge in [-0.15, -0.1) is 0 Å². The van der Waals surface area contributed by atoms with Crippen LogP contribution in [0, 0.1) is 0 Å². The fourth-order valence-corrected chi connectivity index (χ4v) is 1.75. The number of amides is 1. The number of rotatable bonds is 7. The van der Waals surface area contributed by atoms with Crippen molar-refractivity contribution in [2.45, 2.75) is 25.7 Å². The van der Waals surface area contributed by atoms with Crippen molar-refractivity contribution in [3.63, 3.8) is 0 Å². The highest BCUT2D eigenvalue weighted by molar-refractivity contribution is 6.30. The van der Waals surface area contributed by atoms with Crippen LogP contribution < -0.4 is 5.32 Å². The summed E-state index contributed by atoms with van der Waals surface area (Å²) in [7, 11) is 0. The van der Waals surface area contributed by atoms with Gasteiger partial charge in [0.25, 0.3) is 0 Å². The van der Waals surface area contributed by atoms with E-state index >= 15 is 0 Å². The van der Waals surface area contributed by atoms with Crippen LogP contribution in [-0.4, -0.2) is 24.2 Å². The Morgan fingerprint density at radius 1 is 1.29 bits per heavy atom. The topological polar surface area (TPSA) is 49.3 Å². The van der Waals surface area contributed by atoms with Crippen molar-refractivity contribution in [3.8, 4) is 0 Å². The van der Waals surface area contributed by atoms with E-state index in [1.807, 2.05) is 12.1 Å². The van der Waals surface area contributed by atoms with Crippen molar-refractivity contribution in [1.82, 2.24) is 5.32 Å². The Kier molecular flexibility index (Phi) is 6.67. The molecule has 0 aliphatic rings. The van der Waals surface area contributed by atoms with E-state index < -0.39 is 0 Å². The van der Waals surface area contributed by atoms with Crippen LogP contribution in [0.1, 0.15) is 24.8 Å². The maximum absolute atomic E-state index is 11.6. The normalized spacial score (nSPS) is 10.2. The molecule has 2 N–H and O–H groups in total. The van der Waals surface area contributed by atoms with Crippen LogP contribution in [0.15, 0.2) is 24.3 Å². The Bertz CT molecular complexity index is 355. The summed E-state index contributed by atoms with van der Waals surface area (Å²) in [6, 6.07) is 7.31. The Balaban J connectivity index is 2.21. The van der Waals surface area contributed by atoms with E-state index in [-0.39, 0.29) is 12.5 Å². The zero-order chi connectivity index (χ0) is 12.5. The van der Waals surface area contributed by atoms with Crippen LogP contribution in [0.3, 0.4) is 0 Å². The van der Waals surface area contributed by atoms with E-state index in [4.69, 9.17) is 16.7 Å². The van der Waals surface area contributed by atoms with Gasteiger partial charge in [0.15, 0.2) is 0 Å². The predicted octanol–water partition coefficient (Wildman–Crippen LogP) is 2.16. The molecule has 1 amide bonds. The van der Waals surface area contributed by atoms with Crippen LogP contribution in [0.5, 0.6) is 0 Å². The fraction of sp³-hybridized carbons (Fsp3) is 0.462. The van der Waals surface area contributed by atoms with E-state index in [9.17, 15) is 4.79 Å². The summed E-state index contributed by atoms with van der Waals surface area (Å²) >= 11 is 5.83. The molecule has 0 saturated heterocycles. The van der Waals surface area contributed by atoms with Gasteiger partial charge in [-0.2, -0.15) is 0 Å². The van der Waals surface area contributed by atoms with E-state index in [1.165, 1.54) is 0 Å². The predicted molar refractivity (Wildman–Crippen MR) is 69.1 cm³/mol. The van der Waals surface area contributed by atoms with Gasteiger partial charge in [-0.05, 0) is 37.0 Å². The first kappa shape index (κ1) is 14.0. The standard InChI is InChI=1S/C13H18ClNO2/c14-12-6-4-5-11(9-12)10-13(17)15-7-2-1-3-8-16/h4-6,9,16H,1-3,7-8,10H2,(H,15,17). The van der Waals surface area contributed by atoms with Gasteiger partial charge in [0, 0.05) is 18.2 Å². The smallest absolute Gasteiger partial charge is 0.224 e. The SMILES string of the molecule is O=C(Cc1cccc(Cl)c1)NCCCCCO. The van der Waals surface area contributed by atoms with E-state index in [0.717, 1.165) is 24.8 Å². The highest BCUT2D eigenvalue weighted by atomic mass is 35.5. The summed E-state index contributed by atoms with van der Waals surface area (Å²) in [5.74, 6) is 0.0104. The molecule has 0 bridgehead atoms. The summed E-state index contributed by atoms with van der Waals surface area (Å²) in [4.78, 5) is 11.6. The van der Waals surface area contributed by atoms with Gasteiger partial charge in [0.2, 0.25) is 5.91 Å². The molecule has 0 fully saturated rings. The van der Waals surface area contributed by atoms with Crippen molar-refractivity contribution in [3.05, 3.63) is 34.9 Å². The average molecular weight is 256 g/mol.